The van der Waals surface area contributed by atoms with E-state index in [2.05, 4.69) is 34.7 Å². The molecule has 2 heterocycles. The summed E-state index contributed by atoms with van der Waals surface area (Å²) in [5.74, 6) is 0. The van der Waals surface area contributed by atoms with Gasteiger partial charge in [-0.2, -0.15) is 0 Å². The van der Waals surface area contributed by atoms with Gasteiger partial charge in [0.05, 0.1) is 6.61 Å². The average Bonchev–Trinajstić information content (AvgIpc) is 2.60. The van der Waals surface area contributed by atoms with Crippen molar-refractivity contribution in [3.05, 3.63) is 35.5 Å². The molecule has 90 valence electrons. The van der Waals surface area contributed by atoms with Gasteiger partial charge in [0, 0.05) is 37.3 Å². The average molecular weight is 230 g/mol. The Bertz CT molecular complexity index is 544. The normalized spacial score (nSPS) is 17.1. The molecule has 0 fully saturated rings. The van der Waals surface area contributed by atoms with Crippen molar-refractivity contribution in [2.45, 2.75) is 19.6 Å². The first-order valence-electron chi connectivity index (χ1n) is 6.18. The number of benzene rings is 1. The van der Waals surface area contributed by atoms with Gasteiger partial charge in [-0.05, 0) is 30.1 Å². The number of aliphatic hydroxyl groups is 1. The van der Waals surface area contributed by atoms with Crippen molar-refractivity contribution in [1.29, 1.82) is 0 Å². The van der Waals surface area contributed by atoms with Crippen molar-refractivity contribution >= 4 is 10.9 Å². The van der Waals surface area contributed by atoms with E-state index < -0.39 is 0 Å². The van der Waals surface area contributed by atoms with Gasteiger partial charge >= 0.3 is 0 Å². The highest BCUT2D eigenvalue weighted by Crippen LogP contribution is 2.23. The molecule has 0 bridgehead atoms. The van der Waals surface area contributed by atoms with Crippen LogP contribution in [0.2, 0.25) is 0 Å². The Labute approximate surface area is 101 Å². The third-order valence-corrected chi connectivity index (χ3v) is 3.69. The summed E-state index contributed by atoms with van der Waals surface area (Å²) in [5.41, 5.74) is 3.68. The molecule has 1 aliphatic rings. The quantitative estimate of drug-likeness (QED) is 0.806. The number of fused-ring (bicyclic) bond motifs is 3. The third-order valence-electron chi connectivity index (χ3n) is 3.69. The molecule has 3 rings (SSSR count). The summed E-state index contributed by atoms with van der Waals surface area (Å²) in [6.07, 6.45) is 1.11. The van der Waals surface area contributed by atoms with Crippen molar-refractivity contribution in [1.82, 2.24) is 9.47 Å². The molecule has 1 aromatic carbocycles. The Morgan fingerprint density at radius 2 is 2.06 bits per heavy atom. The predicted molar refractivity (Wildman–Crippen MR) is 69.1 cm³/mol. The zero-order chi connectivity index (χ0) is 11.8. The maximum atomic E-state index is 9.22. The first-order chi connectivity index (χ1) is 8.28. The maximum absolute atomic E-state index is 9.22. The minimum absolute atomic E-state index is 0.121. The molecule has 0 saturated carbocycles. The molecule has 3 nitrogen and oxygen atoms in total. The van der Waals surface area contributed by atoms with Crippen LogP contribution in [0.3, 0.4) is 0 Å². The van der Waals surface area contributed by atoms with Crippen molar-refractivity contribution in [3.8, 4) is 0 Å². The second-order valence-electron chi connectivity index (χ2n) is 4.89. The van der Waals surface area contributed by atoms with Crippen LogP contribution < -0.4 is 0 Å². The van der Waals surface area contributed by atoms with Gasteiger partial charge in [-0.1, -0.05) is 12.1 Å². The Kier molecular flexibility index (Phi) is 2.65. The second kappa shape index (κ2) is 4.17. The lowest BCUT2D eigenvalue weighted by molar-refractivity contribution is 0.282. The first-order valence-corrected chi connectivity index (χ1v) is 6.18. The summed E-state index contributed by atoms with van der Waals surface area (Å²) in [6.45, 7) is 3.39. The monoisotopic (exact) mass is 230 g/mol. The number of rotatable bonds is 1. The second-order valence-corrected chi connectivity index (χ2v) is 4.89. The highest BCUT2D eigenvalue weighted by Gasteiger charge is 2.14. The lowest BCUT2D eigenvalue weighted by Crippen LogP contribution is -2.21. The first kappa shape index (κ1) is 10.8. The Morgan fingerprint density at radius 1 is 1.18 bits per heavy atom. The van der Waals surface area contributed by atoms with E-state index in [9.17, 15) is 5.11 Å². The molecule has 1 aliphatic heterocycles. The van der Waals surface area contributed by atoms with Crippen LogP contribution in [0.15, 0.2) is 24.3 Å². The smallest absolute Gasteiger partial charge is 0.0682 e. The fourth-order valence-electron chi connectivity index (χ4n) is 2.61. The highest BCUT2D eigenvalue weighted by atomic mass is 16.3. The summed E-state index contributed by atoms with van der Waals surface area (Å²) in [6, 6.07) is 8.53. The standard InChI is InChI=1S/C14H18N2O/c1-15-5-4-13-9-12-3-2-11(10-17)8-14(12)16(13)7-6-15/h2-3,8-9,17H,4-7,10H2,1H3. The Balaban J connectivity index is 2.12. The zero-order valence-electron chi connectivity index (χ0n) is 10.2. The highest BCUT2D eigenvalue weighted by molar-refractivity contribution is 5.82. The molecular formula is C14H18N2O. The van der Waals surface area contributed by atoms with Crippen LogP contribution in [-0.2, 0) is 19.6 Å². The number of likely N-dealkylation sites (N-methyl/N-ethyl adjacent to an activating group) is 1. The zero-order valence-corrected chi connectivity index (χ0v) is 10.2. The lowest BCUT2D eigenvalue weighted by atomic mass is 10.1. The molecule has 1 aromatic heterocycles. The summed E-state index contributed by atoms with van der Waals surface area (Å²) in [5, 5.41) is 10.5. The van der Waals surface area contributed by atoms with Crippen LogP contribution in [0.25, 0.3) is 10.9 Å². The summed E-state index contributed by atoms with van der Waals surface area (Å²) < 4.78 is 2.40. The predicted octanol–water partition coefficient (Wildman–Crippen LogP) is 1.62. The van der Waals surface area contributed by atoms with E-state index in [1.807, 2.05) is 6.07 Å². The van der Waals surface area contributed by atoms with Gasteiger partial charge in [-0.15, -0.1) is 0 Å². The molecule has 2 aromatic rings. The minimum Gasteiger partial charge on any atom is -0.392 e. The fourth-order valence-corrected chi connectivity index (χ4v) is 2.61. The van der Waals surface area contributed by atoms with Crippen LogP contribution in [0.5, 0.6) is 0 Å². The number of aromatic nitrogens is 1. The molecule has 17 heavy (non-hydrogen) atoms. The van der Waals surface area contributed by atoms with Crippen molar-refractivity contribution < 1.29 is 5.11 Å². The van der Waals surface area contributed by atoms with Gasteiger partial charge < -0.3 is 14.6 Å². The maximum Gasteiger partial charge on any atom is 0.0682 e. The molecule has 0 unspecified atom stereocenters. The molecule has 0 saturated heterocycles. The van der Waals surface area contributed by atoms with Crippen LogP contribution >= 0.6 is 0 Å². The van der Waals surface area contributed by atoms with Gasteiger partial charge in [0.25, 0.3) is 0 Å². The largest absolute Gasteiger partial charge is 0.392 e. The van der Waals surface area contributed by atoms with Crippen molar-refractivity contribution in [2.24, 2.45) is 0 Å². The molecule has 0 aliphatic carbocycles. The van der Waals surface area contributed by atoms with Crippen molar-refractivity contribution in [2.75, 3.05) is 20.1 Å². The molecule has 3 heteroatoms. The fraction of sp³-hybridized carbons (Fsp3) is 0.429. The van der Waals surface area contributed by atoms with Gasteiger partial charge in [-0.3, -0.25) is 0 Å². The van der Waals surface area contributed by atoms with Gasteiger partial charge in [0.1, 0.15) is 0 Å². The van der Waals surface area contributed by atoms with E-state index in [4.69, 9.17) is 0 Å². The topological polar surface area (TPSA) is 28.4 Å². The van der Waals surface area contributed by atoms with E-state index >= 15 is 0 Å². The number of nitrogens with zero attached hydrogens (tertiary/aromatic N) is 2. The molecule has 1 N–H and O–H groups in total. The van der Waals surface area contributed by atoms with E-state index in [-0.39, 0.29) is 6.61 Å². The lowest BCUT2D eigenvalue weighted by Gasteiger charge is -2.12. The molecule has 0 spiro atoms. The SMILES string of the molecule is CN1CCc2cc3ccc(CO)cc3n2CC1. The van der Waals surface area contributed by atoms with E-state index in [1.54, 1.807) is 0 Å². The van der Waals surface area contributed by atoms with Crippen LogP contribution in [0.1, 0.15) is 11.3 Å². The summed E-state index contributed by atoms with van der Waals surface area (Å²) in [7, 11) is 2.17. The van der Waals surface area contributed by atoms with E-state index in [1.165, 1.54) is 16.6 Å². The van der Waals surface area contributed by atoms with Gasteiger partial charge in [-0.25, -0.2) is 0 Å². The van der Waals surface area contributed by atoms with Crippen LogP contribution in [0.4, 0.5) is 0 Å². The molecule has 0 amide bonds. The molecule has 0 radical (unpaired) electrons. The Hall–Kier alpha value is -1.32. The van der Waals surface area contributed by atoms with Crippen molar-refractivity contribution in [3.63, 3.8) is 0 Å². The number of hydrogen-bond acceptors (Lipinski definition) is 2. The summed E-state index contributed by atoms with van der Waals surface area (Å²) in [4.78, 5) is 2.37. The van der Waals surface area contributed by atoms with E-state index in [0.29, 0.717) is 0 Å². The molecule has 0 atom stereocenters. The molecular weight excluding hydrogens is 212 g/mol. The van der Waals surface area contributed by atoms with E-state index in [0.717, 1.165) is 31.6 Å². The summed E-state index contributed by atoms with van der Waals surface area (Å²) >= 11 is 0. The van der Waals surface area contributed by atoms with Gasteiger partial charge in [0.2, 0.25) is 0 Å². The van der Waals surface area contributed by atoms with Gasteiger partial charge in [0.15, 0.2) is 0 Å². The Morgan fingerprint density at radius 3 is 2.88 bits per heavy atom. The third kappa shape index (κ3) is 1.85. The number of hydrogen-bond donors (Lipinski definition) is 1. The van der Waals surface area contributed by atoms with Crippen LogP contribution in [0, 0.1) is 0 Å². The minimum atomic E-state index is 0.121. The number of aliphatic hydroxyl groups excluding tert-OH is 1. The van der Waals surface area contributed by atoms with Crippen LogP contribution in [-0.4, -0.2) is 34.7 Å².